The topological polar surface area (TPSA) is 42.9 Å². The van der Waals surface area contributed by atoms with Crippen LogP contribution < -0.4 is 5.32 Å². The zero-order chi connectivity index (χ0) is 12.6. The number of amidine groups is 1. The van der Waals surface area contributed by atoms with E-state index in [1.807, 2.05) is 11.8 Å². The van der Waals surface area contributed by atoms with Crippen molar-refractivity contribution in [3.05, 3.63) is 0 Å². The molecule has 1 N–H and O–H groups in total. The standard InChI is InChI=1S/C12H24N2O2S/c1-12(2)9-14-11(17-10-12)13-5-4-6-16-8-7-15-3/h4-10H2,1-3H3,(H,13,14). The lowest BCUT2D eigenvalue weighted by atomic mass is 9.97. The van der Waals surface area contributed by atoms with E-state index < -0.39 is 0 Å². The van der Waals surface area contributed by atoms with Gasteiger partial charge in [-0.1, -0.05) is 25.6 Å². The maximum Gasteiger partial charge on any atom is 0.156 e. The summed E-state index contributed by atoms with van der Waals surface area (Å²) in [5.41, 5.74) is 0.346. The molecule has 0 amide bonds. The van der Waals surface area contributed by atoms with Gasteiger partial charge < -0.3 is 14.8 Å². The van der Waals surface area contributed by atoms with Crippen LogP contribution in [0.2, 0.25) is 0 Å². The third-order valence-electron chi connectivity index (χ3n) is 2.42. The lowest BCUT2D eigenvalue weighted by molar-refractivity contribution is 0.0699. The van der Waals surface area contributed by atoms with Crippen LogP contribution in [0.3, 0.4) is 0 Å². The first-order chi connectivity index (χ1) is 8.14. The van der Waals surface area contributed by atoms with Gasteiger partial charge in [0, 0.05) is 32.6 Å². The van der Waals surface area contributed by atoms with Crippen molar-refractivity contribution in [2.24, 2.45) is 10.4 Å². The minimum absolute atomic E-state index is 0.346. The smallest absolute Gasteiger partial charge is 0.156 e. The van der Waals surface area contributed by atoms with E-state index in [2.05, 4.69) is 24.2 Å². The summed E-state index contributed by atoms with van der Waals surface area (Å²) in [6.45, 7) is 8.49. The molecule has 1 aliphatic heterocycles. The molecule has 100 valence electrons. The first-order valence-electron chi connectivity index (χ1n) is 6.12. The third kappa shape index (κ3) is 6.91. The second-order valence-electron chi connectivity index (χ2n) is 4.96. The van der Waals surface area contributed by atoms with Crippen molar-refractivity contribution in [3.63, 3.8) is 0 Å². The number of hydrogen-bond acceptors (Lipinski definition) is 5. The second-order valence-corrected chi connectivity index (χ2v) is 5.92. The Morgan fingerprint density at radius 2 is 2.18 bits per heavy atom. The van der Waals surface area contributed by atoms with Crippen LogP contribution in [-0.4, -0.2) is 50.9 Å². The van der Waals surface area contributed by atoms with Crippen LogP contribution >= 0.6 is 11.8 Å². The highest BCUT2D eigenvalue weighted by atomic mass is 32.2. The first kappa shape index (κ1) is 14.8. The van der Waals surface area contributed by atoms with Crippen LogP contribution in [0.15, 0.2) is 4.99 Å². The molecule has 0 atom stereocenters. The molecular weight excluding hydrogens is 236 g/mol. The highest BCUT2D eigenvalue weighted by Gasteiger charge is 2.22. The van der Waals surface area contributed by atoms with Crippen LogP contribution in [0.4, 0.5) is 0 Å². The maximum atomic E-state index is 5.38. The summed E-state index contributed by atoms with van der Waals surface area (Å²) in [6.07, 6.45) is 1.01. The molecule has 5 heteroatoms. The number of nitrogens with one attached hydrogen (secondary N) is 1. The zero-order valence-corrected chi connectivity index (χ0v) is 11.9. The van der Waals surface area contributed by atoms with Gasteiger partial charge in [-0.15, -0.1) is 0 Å². The minimum atomic E-state index is 0.346. The van der Waals surface area contributed by atoms with Crippen LogP contribution in [0.1, 0.15) is 20.3 Å². The maximum absolute atomic E-state index is 5.38. The first-order valence-corrected chi connectivity index (χ1v) is 7.10. The molecule has 1 rings (SSSR count). The van der Waals surface area contributed by atoms with Crippen molar-refractivity contribution in [3.8, 4) is 0 Å². The molecular formula is C12H24N2O2S. The largest absolute Gasteiger partial charge is 0.382 e. The molecule has 0 saturated heterocycles. The average molecular weight is 260 g/mol. The van der Waals surface area contributed by atoms with Crippen LogP contribution in [0, 0.1) is 5.41 Å². The van der Waals surface area contributed by atoms with E-state index in [1.165, 1.54) is 0 Å². The number of hydrogen-bond donors (Lipinski definition) is 1. The van der Waals surface area contributed by atoms with Crippen LogP contribution in [0.5, 0.6) is 0 Å². The monoisotopic (exact) mass is 260 g/mol. The van der Waals surface area contributed by atoms with E-state index in [0.29, 0.717) is 18.6 Å². The van der Waals surface area contributed by atoms with E-state index >= 15 is 0 Å². The fourth-order valence-electron chi connectivity index (χ4n) is 1.36. The molecule has 0 saturated carbocycles. The molecule has 0 fully saturated rings. The van der Waals surface area contributed by atoms with Gasteiger partial charge in [0.15, 0.2) is 5.17 Å². The van der Waals surface area contributed by atoms with Gasteiger partial charge in [0.2, 0.25) is 0 Å². The number of ether oxygens (including phenoxy) is 2. The predicted octanol–water partition coefficient (Wildman–Crippen LogP) is 1.76. The Kier molecular flexibility index (Phi) is 6.92. The Labute approximate surface area is 109 Å². The second kappa shape index (κ2) is 7.95. The van der Waals surface area contributed by atoms with Crippen LogP contribution in [-0.2, 0) is 9.47 Å². The van der Waals surface area contributed by atoms with Crippen molar-refractivity contribution in [2.75, 3.05) is 45.8 Å². The Morgan fingerprint density at radius 3 is 2.82 bits per heavy atom. The van der Waals surface area contributed by atoms with Gasteiger partial charge in [0.1, 0.15) is 0 Å². The fourth-order valence-corrected chi connectivity index (χ4v) is 2.34. The van der Waals surface area contributed by atoms with Crippen molar-refractivity contribution < 1.29 is 9.47 Å². The molecule has 0 aliphatic carbocycles. The lowest BCUT2D eigenvalue weighted by Gasteiger charge is -2.27. The molecule has 1 heterocycles. The van der Waals surface area contributed by atoms with Crippen molar-refractivity contribution in [1.29, 1.82) is 0 Å². The quantitative estimate of drug-likeness (QED) is 0.708. The van der Waals surface area contributed by atoms with Gasteiger partial charge in [-0.3, -0.25) is 4.99 Å². The summed E-state index contributed by atoms with van der Waals surface area (Å²) in [5.74, 6) is 1.14. The Morgan fingerprint density at radius 1 is 1.35 bits per heavy atom. The zero-order valence-electron chi connectivity index (χ0n) is 11.1. The predicted molar refractivity (Wildman–Crippen MR) is 73.9 cm³/mol. The lowest BCUT2D eigenvalue weighted by Crippen LogP contribution is -2.32. The molecule has 4 nitrogen and oxygen atoms in total. The summed E-state index contributed by atoms with van der Waals surface area (Å²) in [7, 11) is 1.69. The number of methoxy groups -OCH3 is 1. The van der Waals surface area contributed by atoms with E-state index in [0.717, 1.165) is 37.0 Å². The van der Waals surface area contributed by atoms with Gasteiger partial charge in [-0.25, -0.2) is 0 Å². The van der Waals surface area contributed by atoms with Crippen molar-refractivity contribution >= 4 is 16.9 Å². The van der Waals surface area contributed by atoms with Crippen molar-refractivity contribution in [2.45, 2.75) is 20.3 Å². The van der Waals surface area contributed by atoms with Gasteiger partial charge >= 0.3 is 0 Å². The Hall–Kier alpha value is -0.260. The van der Waals surface area contributed by atoms with E-state index in [-0.39, 0.29) is 0 Å². The van der Waals surface area contributed by atoms with Crippen molar-refractivity contribution in [1.82, 2.24) is 5.32 Å². The van der Waals surface area contributed by atoms with Gasteiger partial charge in [-0.2, -0.15) is 0 Å². The Balaban J connectivity index is 1.98. The third-order valence-corrected chi connectivity index (χ3v) is 3.90. The minimum Gasteiger partial charge on any atom is -0.382 e. The van der Waals surface area contributed by atoms with Crippen LogP contribution in [0.25, 0.3) is 0 Å². The molecule has 1 aliphatic rings. The number of aliphatic imine (C=N–C) groups is 1. The van der Waals surface area contributed by atoms with Gasteiger partial charge in [-0.05, 0) is 11.8 Å². The normalized spacial score (nSPS) is 18.9. The summed E-state index contributed by atoms with van der Waals surface area (Å²) < 4.78 is 10.3. The van der Waals surface area contributed by atoms with Gasteiger partial charge in [0.05, 0.1) is 13.2 Å². The fraction of sp³-hybridized carbons (Fsp3) is 0.917. The molecule has 0 aromatic rings. The van der Waals surface area contributed by atoms with E-state index in [9.17, 15) is 0 Å². The van der Waals surface area contributed by atoms with E-state index in [1.54, 1.807) is 7.11 Å². The number of nitrogens with zero attached hydrogens (tertiary/aromatic N) is 1. The summed E-state index contributed by atoms with van der Waals surface area (Å²) in [4.78, 5) is 4.54. The molecule has 0 aromatic carbocycles. The average Bonchev–Trinajstić information content (AvgIpc) is 2.30. The summed E-state index contributed by atoms with van der Waals surface area (Å²) in [6, 6.07) is 0. The number of rotatable bonds is 7. The molecule has 0 bridgehead atoms. The molecule has 17 heavy (non-hydrogen) atoms. The number of thioether (sulfide) groups is 1. The highest BCUT2D eigenvalue weighted by molar-refractivity contribution is 8.13. The summed E-state index contributed by atoms with van der Waals surface area (Å²) in [5, 5.41) is 4.44. The summed E-state index contributed by atoms with van der Waals surface area (Å²) >= 11 is 1.82. The Bertz CT molecular complexity index is 245. The molecule has 0 spiro atoms. The van der Waals surface area contributed by atoms with E-state index in [4.69, 9.17) is 9.47 Å². The van der Waals surface area contributed by atoms with Gasteiger partial charge in [0.25, 0.3) is 0 Å². The molecule has 0 radical (unpaired) electrons. The SMILES string of the molecule is COCCOCCCNC1=NCC(C)(C)CS1. The highest BCUT2D eigenvalue weighted by Crippen LogP contribution is 2.26. The molecule has 0 aromatic heterocycles. The molecule has 0 unspecified atom stereocenters.